The predicted octanol–water partition coefficient (Wildman–Crippen LogP) is 3.78. The van der Waals surface area contributed by atoms with Crippen LogP contribution in [0.1, 0.15) is 69.4 Å². The summed E-state index contributed by atoms with van der Waals surface area (Å²) in [4.78, 5) is 37.8. The van der Waals surface area contributed by atoms with Gasteiger partial charge in [0.2, 0.25) is 0 Å². The van der Waals surface area contributed by atoms with E-state index in [0.717, 1.165) is 4.48 Å². The molecule has 0 aliphatic heterocycles. The molecule has 1 aliphatic carbocycles. The number of carbonyl (C=O) groups excluding carboxylic acids is 3. The second-order valence-corrected chi connectivity index (χ2v) is 7.93. The van der Waals surface area contributed by atoms with Gasteiger partial charge in [0.05, 0.1) is 44.0 Å². The van der Waals surface area contributed by atoms with Crippen LogP contribution in [-0.4, -0.2) is 56.1 Å². The second kappa shape index (κ2) is 9.22. The van der Waals surface area contributed by atoms with Gasteiger partial charge in [-0.2, -0.15) is 0 Å². The Balaban J connectivity index is 0.000000396. The highest BCUT2D eigenvalue weighted by Crippen LogP contribution is 2.37. The zero-order chi connectivity index (χ0) is 22.6. The van der Waals surface area contributed by atoms with Crippen molar-refractivity contribution in [2.24, 2.45) is 0 Å². The first-order valence-electron chi connectivity index (χ1n) is 10.3. The van der Waals surface area contributed by atoms with Crippen molar-refractivity contribution in [3.8, 4) is 0 Å². The lowest BCUT2D eigenvalue weighted by atomic mass is 9.80. The highest BCUT2D eigenvalue weighted by Gasteiger charge is 2.35. The molecule has 6 heteroatoms. The number of fused-ring (bicyclic) bond motifs is 2. The van der Waals surface area contributed by atoms with E-state index in [9.17, 15) is 14.4 Å². The lowest BCUT2D eigenvalue weighted by Gasteiger charge is -2.25. The van der Waals surface area contributed by atoms with Gasteiger partial charge in [-0.25, -0.2) is 0 Å². The third kappa shape index (κ3) is 4.28. The van der Waals surface area contributed by atoms with Crippen LogP contribution in [0, 0.1) is 0 Å². The van der Waals surface area contributed by atoms with E-state index in [0.29, 0.717) is 16.8 Å². The molecule has 0 aromatic heterocycles. The Labute approximate surface area is 178 Å². The average molecular weight is 411 g/mol. The summed E-state index contributed by atoms with van der Waals surface area (Å²) in [6.07, 6.45) is 0.269. The topological polar surface area (TPSA) is 89.3 Å². The summed E-state index contributed by atoms with van der Waals surface area (Å²) in [6, 6.07) is 8.20. The molecule has 2 aromatic carbocycles. The highest BCUT2D eigenvalue weighted by molar-refractivity contribution is 6.32. The number of nitrogen functional groups attached to an aromatic ring is 1. The third-order valence-electron chi connectivity index (χ3n) is 5.84. The first-order valence-corrected chi connectivity index (χ1v) is 10.3. The van der Waals surface area contributed by atoms with E-state index >= 15 is 0 Å². The molecule has 30 heavy (non-hydrogen) atoms. The number of rotatable bonds is 5. The van der Waals surface area contributed by atoms with E-state index in [1.165, 1.54) is 13.1 Å². The molecular weight excluding hydrogens is 378 g/mol. The van der Waals surface area contributed by atoms with E-state index in [-0.39, 0.29) is 46.1 Å². The Morgan fingerprint density at radius 2 is 1.47 bits per heavy atom. The summed E-state index contributed by atoms with van der Waals surface area (Å²) in [5, 5.41) is 2.90. The van der Waals surface area contributed by atoms with Gasteiger partial charge in [-0.3, -0.25) is 14.4 Å². The van der Waals surface area contributed by atoms with E-state index in [4.69, 9.17) is 5.73 Å². The van der Waals surface area contributed by atoms with Gasteiger partial charge in [-0.05, 0) is 19.9 Å². The van der Waals surface area contributed by atoms with Crippen molar-refractivity contribution in [3.05, 3.63) is 58.1 Å². The number of nitrogens with one attached hydrogen (secondary N) is 1. The van der Waals surface area contributed by atoms with Crippen LogP contribution >= 0.6 is 0 Å². The largest absolute Gasteiger partial charge is 0.398 e. The molecule has 1 aliphatic rings. The predicted molar refractivity (Wildman–Crippen MR) is 122 cm³/mol. The Morgan fingerprint density at radius 3 is 1.87 bits per heavy atom. The Bertz CT molecular complexity index is 987. The monoisotopic (exact) mass is 410 g/mol. The first-order chi connectivity index (χ1) is 14.1. The average Bonchev–Trinajstić information content (AvgIpc) is 2.77. The fourth-order valence-electron chi connectivity index (χ4n) is 3.16. The number of ketones is 3. The fraction of sp³-hybridized carbons (Fsp3) is 0.375. The SMILES string of the molecule is CCC(=O)c1cc(NC)c2c(c1N)C(=O)c1ccccc1C2=O.CC[N+](C)(C)CC. The number of hydrogen-bond acceptors (Lipinski definition) is 5. The second-order valence-electron chi connectivity index (χ2n) is 7.93. The van der Waals surface area contributed by atoms with Gasteiger partial charge in [0.1, 0.15) is 0 Å². The van der Waals surface area contributed by atoms with Crippen molar-refractivity contribution in [2.75, 3.05) is 45.3 Å². The molecular formula is C24H32N3O3+. The number of nitrogens with two attached hydrogens (primary N) is 1. The molecule has 0 fully saturated rings. The van der Waals surface area contributed by atoms with Crippen molar-refractivity contribution in [1.82, 2.24) is 0 Å². The summed E-state index contributed by atoms with van der Waals surface area (Å²) in [5.74, 6) is -0.752. The lowest BCUT2D eigenvalue weighted by molar-refractivity contribution is -0.886. The van der Waals surface area contributed by atoms with Crippen LogP contribution in [0.3, 0.4) is 0 Å². The Hall–Kier alpha value is -2.99. The maximum Gasteiger partial charge on any atom is 0.196 e. The fourth-order valence-corrected chi connectivity index (χ4v) is 3.16. The molecule has 0 spiro atoms. The minimum absolute atomic E-state index is 0.0821. The van der Waals surface area contributed by atoms with E-state index in [1.54, 1.807) is 44.3 Å². The Morgan fingerprint density at radius 1 is 0.967 bits per heavy atom. The van der Waals surface area contributed by atoms with Gasteiger partial charge in [0.15, 0.2) is 17.3 Å². The van der Waals surface area contributed by atoms with Crippen LogP contribution in [-0.2, 0) is 0 Å². The van der Waals surface area contributed by atoms with Crippen molar-refractivity contribution in [3.63, 3.8) is 0 Å². The summed E-state index contributed by atoms with van der Waals surface area (Å²) in [7, 11) is 6.12. The standard InChI is InChI=1S/C18H16N2O3.C6H16N/c1-3-13(21)11-8-12(20-2)14-15(16(11)19)18(23)10-7-5-4-6-9(10)17(14)22;1-5-7(3,4)6-2/h4-8,20H,3,19H2,1-2H3;5-6H2,1-4H3/q;+1. The number of quaternary nitrogens is 1. The van der Waals surface area contributed by atoms with E-state index in [2.05, 4.69) is 33.3 Å². The lowest BCUT2D eigenvalue weighted by Crippen LogP contribution is -2.38. The number of Topliss-reactive ketones (excluding diaryl/α,β-unsaturated/α-hetero) is 1. The molecule has 3 rings (SSSR count). The van der Waals surface area contributed by atoms with Crippen molar-refractivity contribution in [1.29, 1.82) is 0 Å². The molecule has 0 unspecified atom stereocenters. The summed E-state index contributed by atoms with van der Waals surface area (Å²) in [6.45, 7) is 8.61. The molecule has 3 N–H and O–H groups in total. The normalized spacial score (nSPS) is 12.5. The number of hydrogen-bond donors (Lipinski definition) is 2. The van der Waals surface area contributed by atoms with E-state index in [1.807, 2.05) is 0 Å². The van der Waals surface area contributed by atoms with Crippen LogP contribution < -0.4 is 11.1 Å². The summed E-state index contributed by atoms with van der Waals surface area (Å²) < 4.78 is 1.14. The van der Waals surface area contributed by atoms with Gasteiger partial charge in [-0.15, -0.1) is 0 Å². The van der Waals surface area contributed by atoms with Crippen LogP contribution in [0.4, 0.5) is 11.4 Å². The van der Waals surface area contributed by atoms with Gasteiger partial charge in [0, 0.05) is 35.8 Å². The molecule has 0 bridgehead atoms. The van der Waals surface area contributed by atoms with Crippen molar-refractivity contribution in [2.45, 2.75) is 27.2 Å². The minimum atomic E-state index is -0.324. The summed E-state index contributed by atoms with van der Waals surface area (Å²) in [5.41, 5.74) is 7.93. The molecule has 0 heterocycles. The van der Waals surface area contributed by atoms with Crippen LogP contribution in [0.2, 0.25) is 0 Å². The zero-order valence-electron chi connectivity index (χ0n) is 18.8. The quantitative estimate of drug-likeness (QED) is 0.380. The maximum atomic E-state index is 12.8. The highest BCUT2D eigenvalue weighted by atomic mass is 16.1. The Kier molecular flexibility index (Phi) is 7.16. The number of anilines is 2. The smallest absolute Gasteiger partial charge is 0.196 e. The third-order valence-corrected chi connectivity index (χ3v) is 5.84. The summed E-state index contributed by atoms with van der Waals surface area (Å²) >= 11 is 0. The van der Waals surface area contributed by atoms with Crippen molar-refractivity contribution < 1.29 is 18.9 Å². The van der Waals surface area contributed by atoms with Crippen LogP contribution in [0.5, 0.6) is 0 Å². The van der Waals surface area contributed by atoms with Crippen LogP contribution in [0.15, 0.2) is 30.3 Å². The number of nitrogens with zero attached hydrogens (tertiary/aromatic N) is 1. The molecule has 0 saturated heterocycles. The molecule has 0 amide bonds. The van der Waals surface area contributed by atoms with Crippen LogP contribution in [0.25, 0.3) is 0 Å². The van der Waals surface area contributed by atoms with Gasteiger partial charge >= 0.3 is 0 Å². The van der Waals surface area contributed by atoms with Crippen molar-refractivity contribution >= 4 is 28.7 Å². The number of carbonyl (C=O) groups is 3. The van der Waals surface area contributed by atoms with Gasteiger partial charge in [-0.1, -0.05) is 31.2 Å². The van der Waals surface area contributed by atoms with E-state index < -0.39 is 0 Å². The first kappa shape index (κ1) is 23.3. The molecule has 0 radical (unpaired) electrons. The molecule has 0 saturated carbocycles. The minimum Gasteiger partial charge on any atom is -0.398 e. The zero-order valence-corrected chi connectivity index (χ0v) is 18.8. The molecule has 6 nitrogen and oxygen atoms in total. The maximum absolute atomic E-state index is 12.8. The molecule has 2 aromatic rings. The molecule has 0 atom stereocenters. The molecule has 160 valence electrons. The van der Waals surface area contributed by atoms with Gasteiger partial charge in [0.25, 0.3) is 0 Å². The number of benzene rings is 2. The van der Waals surface area contributed by atoms with Gasteiger partial charge < -0.3 is 15.5 Å².